The van der Waals surface area contributed by atoms with Crippen molar-refractivity contribution in [3.63, 3.8) is 0 Å². The topological polar surface area (TPSA) is 40.5 Å². The van der Waals surface area contributed by atoms with Gasteiger partial charge in [0.15, 0.2) is 0 Å². The molecular weight excluding hydrogens is 258 g/mol. The molecule has 2 aromatic rings. The zero-order valence-electron chi connectivity index (χ0n) is 7.72. The van der Waals surface area contributed by atoms with E-state index in [0.29, 0.717) is 5.69 Å². The van der Waals surface area contributed by atoms with E-state index in [9.17, 15) is 4.79 Å². The van der Waals surface area contributed by atoms with Crippen LogP contribution in [0.5, 0.6) is 0 Å². The van der Waals surface area contributed by atoms with Crippen LogP contribution < -0.4 is 3.93 Å². The van der Waals surface area contributed by atoms with Gasteiger partial charge in [0.05, 0.1) is 21.8 Å². The van der Waals surface area contributed by atoms with E-state index >= 15 is 0 Å². The highest BCUT2D eigenvalue weighted by Crippen LogP contribution is 2.28. The molecule has 0 fully saturated rings. The molecule has 0 saturated heterocycles. The monoisotopic (exact) mass is 265 g/mol. The van der Waals surface area contributed by atoms with Crippen LogP contribution >= 0.6 is 16.1 Å². The number of carboxylic acid groups (broad SMARTS) is 1. The number of nitrogens with zero attached hydrogens (tertiary/aromatic N) is 1. The summed E-state index contributed by atoms with van der Waals surface area (Å²) in [7, 11) is 0. The molecule has 0 bridgehead atoms. The average Bonchev–Trinajstić information content (AvgIpc) is 2.27. The standard InChI is InChI=1S/C11H8BrNO2/c12-13(11(14)15)10-7-3-5-8-4-1-2-6-9(8)10/h1-7H,(H,14,15). The molecule has 76 valence electrons. The van der Waals surface area contributed by atoms with Crippen LogP contribution in [-0.4, -0.2) is 11.2 Å². The van der Waals surface area contributed by atoms with Crippen LogP contribution in [-0.2, 0) is 0 Å². The molecule has 0 aromatic heterocycles. The molecule has 0 saturated carbocycles. The van der Waals surface area contributed by atoms with Gasteiger partial charge in [0.1, 0.15) is 0 Å². The third-order valence-electron chi connectivity index (χ3n) is 2.15. The first-order chi connectivity index (χ1) is 7.20. The molecule has 0 atom stereocenters. The second kappa shape index (κ2) is 3.90. The predicted molar refractivity (Wildman–Crippen MR) is 63.4 cm³/mol. The van der Waals surface area contributed by atoms with Gasteiger partial charge >= 0.3 is 6.09 Å². The fraction of sp³-hybridized carbons (Fsp3) is 0. The summed E-state index contributed by atoms with van der Waals surface area (Å²) in [5.74, 6) is 0. The number of halogens is 1. The van der Waals surface area contributed by atoms with E-state index in [4.69, 9.17) is 5.11 Å². The summed E-state index contributed by atoms with van der Waals surface area (Å²) in [5, 5.41) is 10.8. The van der Waals surface area contributed by atoms with E-state index in [1.54, 1.807) is 6.07 Å². The van der Waals surface area contributed by atoms with Gasteiger partial charge in [-0.25, -0.2) is 8.72 Å². The molecule has 2 rings (SSSR count). The summed E-state index contributed by atoms with van der Waals surface area (Å²) in [6.45, 7) is 0. The van der Waals surface area contributed by atoms with Gasteiger partial charge in [0.25, 0.3) is 0 Å². The fourth-order valence-corrected chi connectivity index (χ4v) is 1.79. The normalized spacial score (nSPS) is 10.2. The second-order valence-corrected chi connectivity index (χ2v) is 3.77. The Morgan fingerprint density at radius 2 is 1.80 bits per heavy atom. The first kappa shape index (κ1) is 9.98. The van der Waals surface area contributed by atoms with Gasteiger partial charge in [-0.2, -0.15) is 0 Å². The van der Waals surface area contributed by atoms with E-state index < -0.39 is 6.09 Å². The molecule has 0 aliphatic carbocycles. The van der Waals surface area contributed by atoms with Crippen LogP contribution in [0.2, 0.25) is 0 Å². The van der Waals surface area contributed by atoms with Crippen LogP contribution in [0.25, 0.3) is 10.8 Å². The minimum Gasteiger partial charge on any atom is -0.464 e. The van der Waals surface area contributed by atoms with Gasteiger partial charge < -0.3 is 5.11 Å². The highest BCUT2D eigenvalue weighted by molar-refractivity contribution is 9.10. The molecule has 1 amide bonds. The highest BCUT2D eigenvalue weighted by atomic mass is 79.9. The van der Waals surface area contributed by atoms with E-state index in [2.05, 4.69) is 16.1 Å². The number of hydrogen-bond donors (Lipinski definition) is 1. The van der Waals surface area contributed by atoms with E-state index in [-0.39, 0.29) is 0 Å². The van der Waals surface area contributed by atoms with E-state index in [0.717, 1.165) is 14.7 Å². The maximum atomic E-state index is 10.8. The summed E-state index contributed by atoms with van der Waals surface area (Å²) in [5.41, 5.74) is 0.626. The summed E-state index contributed by atoms with van der Waals surface area (Å²) in [6, 6.07) is 13.2. The maximum absolute atomic E-state index is 10.8. The zero-order chi connectivity index (χ0) is 10.8. The number of benzene rings is 2. The lowest BCUT2D eigenvalue weighted by molar-refractivity contribution is 0.207. The van der Waals surface area contributed by atoms with Gasteiger partial charge in [-0.1, -0.05) is 36.4 Å². The van der Waals surface area contributed by atoms with Crippen LogP contribution in [0.15, 0.2) is 42.5 Å². The second-order valence-electron chi connectivity index (χ2n) is 3.06. The Bertz CT molecular complexity index is 507. The molecule has 4 heteroatoms. The van der Waals surface area contributed by atoms with Crippen LogP contribution in [0, 0.1) is 0 Å². The molecule has 2 aromatic carbocycles. The highest BCUT2D eigenvalue weighted by Gasteiger charge is 2.12. The van der Waals surface area contributed by atoms with E-state index in [1.165, 1.54) is 0 Å². The Morgan fingerprint density at radius 1 is 1.13 bits per heavy atom. The van der Waals surface area contributed by atoms with Crippen molar-refractivity contribution in [1.29, 1.82) is 0 Å². The van der Waals surface area contributed by atoms with Crippen molar-refractivity contribution in [3.05, 3.63) is 42.5 Å². The maximum Gasteiger partial charge on any atom is 0.422 e. The van der Waals surface area contributed by atoms with Crippen molar-refractivity contribution >= 4 is 38.7 Å². The number of carbonyl (C=O) groups is 1. The van der Waals surface area contributed by atoms with Crippen LogP contribution in [0.4, 0.5) is 10.5 Å². The van der Waals surface area contributed by atoms with Gasteiger partial charge in [0, 0.05) is 5.39 Å². The molecule has 3 nitrogen and oxygen atoms in total. The Hall–Kier alpha value is -1.55. The Morgan fingerprint density at radius 3 is 2.53 bits per heavy atom. The average molecular weight is 266 g/mol. The Kier molecular flexibility index (Phi) is 2.60. The van der Waals surface area contributed by atoms with Gasteiger partial charge in [-0.05, 0) is 11.5 Å². The number of fused-ring (bicyclic) bond motifs is 1. The quantitative estimate of drug-likeness (QED) is 0.800. The summed E-state index contributed by atoms with van der Waals surface area (Å²) < 4.78 is 1.04. The molecule has 0 unspecified atom stereocenters. The minimum atomic E-state index is -1.04. The van der Waals surface area contributed by atoms with Crippen molar-refractivity contribution in [1.82, 2.24) is 0 Å². The smallest absolute Gasteiger partial charge is 0.422 e. The molecule has 0 aliphatic rings. The third kappa shape index (κ3) is 1.80. The van der Waals surface area contributed by atoms with Crippen LogP contribution in [0.3, 0.4) is 0 Å². The predicted octanol–water partition coefficient (Wildman–Crippen LogP) is 3.63. The van der Waals surface area contributed by atoms with Crippen molar-refractivity contribution in [2.24, 2.45) is 0 Å². The van der Waals surface area contributed by atoms with Crippen LogP contribution in [0.1, 0.15) is 0 Å². The molecular formula is C11H8BrNO2. The molecule has 1 N–H and O–H groups in total. The van der Waals surface area contributed by atoms with Crippen molar-refractivity contribution in [3.8, 4) is 0 Å². The number of hydrogen-bond acceptors (Lipinski definition) is 1. The lowest BCUT2D eigenvalue weighted by Crippen LogP contribution is -2.16. The zero-order valence-corrected chi connectivity index (χ0v) is 9.31. The fourth-order valence-electron chi connectivity index (χ4n) is 1.48. The van der Waals surface area contributed by atoms with Crippen molar-refractivity contribution in [2.75, 3.05) is 3.93 Å². The van der Waals surface area contributed by atoms with Crippen molar-refractivity contribution in [2.45, 2.75) is 0 Å². The van der Waals surface area contributed by atoms with Gasteiger partial charge in [0.2, 0.25) is 0 Å². The molecule has 0 spiro atoms. The minimum absolute atomic E-state index is 0.626. The first-order valence-corrected chi connectivity index (χ1v) is 5.07. The largest absolute Gasteiger partial charge is 0.464 e. The van der Waals surface area contributed by atoms with Gasteiger partial charge in [-0.3, -0.25) is 0 Å². The SMILES string of the molecule is O=C(O)N(Br)c1cccc2ccccc12. The lowest BCUT2D eigenvalue weighted by Gasteiger charge is -2.12. The van der Waals surface area contributed by atoms with Gasteiger partial charge in [-0.15, -0.1) is 0 Å². The number of amides is 1. The number of rotatable bonds is 1. The number of anilines is 1. The molecule has 0 aliphatic heterocycles. The summed E-state index contributed by atoms with van der Waals surface area (Å²) in [4.78, 5) is 10.8. The first-order valence-electron chi connectivity index (χ1n) is 4.37. The van der Waals surface area contributed by atoms with E-state index in [1.807, 2.05) is 36.4 Å². The Labute approximate surface area is 95.3 Å². The summed E-state index contributed by atoms with van der Waals surface area (Å²) >= 11 is 3.01. The Balaban J connectivity index is 2.65. The molecule has 0 heterocycles. The molecule has 15 heavy (non-hydrogen) atoms. The summed E-state index contributed by atoms with van der Waals surface area (Å²) in [6.07, 6.45) is -1.04. The molecule has 0 radical (unpaired) electrons. The third-order valence-corrected chi connectivity index (χ3v) is 2.83. The van der Waals surface area contributed by atoms with Crippen molar-refractivity contribution < 1.29 is 9.90 Å². The lowest BCUT2D eigenvalue weighted by atomic mass is 10.1.